The third-order valence-corrected chi connectivity index (χ3v) is 4.02. The molecule has 0 N–H and O–H groups in total. The van der Waals surface area contributed by atoms with Crippen molar-refractivity contribution in [1.82, 2.24) is 15.1 Å². The molecule has 1 aliphatic rings. The molecule has 0 unspecified atom stereocenters. The fourth-order valence-corrected chi connectivity index (χ4v) is 2.82. The molecule has 4 rings (SSSR count). The molecule has 118 valence electrons. The molecule has 0 aliphatic carbocycles. The highest BCUT2D eigenvalue weighted by Gasteiger charge is 2.25. The summed E-state index contributed by atoms with van der Waals surface area (Å²) in [7, 11) is 1.59. The van der Waals surface area contributed by atoms with Gasteiger partial charge in [0.05, 0.1) is 18.2 Å². The summed E-state index contributed by atoms with van der Waals surface area (Å²) in [4.78, 5) is 9.04. The van der Waals surface area contributed by atoms with Crippen LogP contribution in [0, 0.1) is 6.92 Å². The smallest absolute Gasteiger partial charge is 0.256 e. The van der Waals surface area contributed by atoms with E-state index in [0.29, 0.717) is 17.6 Å². The van der Waals surface area contributed by atoms with Gasteiger partial charge < -0.3 is 14.0 Å². The van der Waals surface area contributed by atoms with Gasteiger partial charge in [0.1, 0.15) is 6.10 Å². The minimum absolute atomic E-state index is 0.0988. The van der Waals surface area contributed by atoms with Crippen LogP contribution >= 0.6 is 0 Å². The summed E-state index contributed by atoms with van der Waals surface area (Å²) < 4.78 is 16.4. The standard InChI is InChI=1S/C17H17N3O3/c1-10-5-6-11-9-12(16(21-2)18-13(11)8-10)15-19-17(23-20-15)14-4-3-7-22-14/h5-6,8-9,14H,3-4,7H2,1-2H3/t14-/m1/s1. The molecular weight excluding hydrogens is 294 g/mol. The number of hydrogen-bond acceptors (Lipinski definition) is 6. The van der Waals surface area contributed by atoms with Crippen LogP contribution in [0.4, 0.5) is 0 Å². The lowest BCUT2D eigenvalue weighted by Crippen LogP contribution is -1.97. The number of aryl methyl sites for hydroxylation is 1. The van der Waals surface area contributed by atoms with Crippen molar-refractivity contribution in [2.45, 2.75) is 25.9 Å². The van der Waals surface area contributed by atoms with Gasteiger partial charge in [-0.05, 0) is 37.5 Å². The Morgan fingerprint density at radius 3 is 2.91 bits per heavy atom. The summed E-state index contributed by atoms with van der Waals surface area (Å²) >= 11 is 0. The predicted octanol–water partition coefficient (Wildman–Crippen LogP) is 3.45. The summed E-state index contributed by atoms with van der Waals surface area (Å²) in [6.07, 6.45) is 1.83. The maximum absolute atomic E-state index is 5.59. The third-order valence-electron chi connectivity index (χ3n) is 4.02. The lowest BCUT2D eigenvalue weighted by atomic mass is 10.1. The highest BCUT2D eigenvalue weighted by Crippen LogP contribution is 2.33. The molecule has 23 heavy (non-hydrogen) atoms. The molecule has 1 aliphatic heterocycles. The molecule has 6 nitrogen and oxygen atoms in total. The number of pyridine rings is 1. The van der Waals surface area contributed by atoms with Gasteiger partial charge in [0.15, 0.2) is 0 Å². The van der Waals surface area contributed by atoms with Crippen LogP contribution in [0.1, 0.15) is 30.4 Å². The number of ether oxygens (including phenoxy) is 2. The van der Waals surface area contributed by atoms with Crippen LogP contribution in [0.2, 0.25) is 0 Å². The van der Waals surface area contributed by atoms with E-state index in [1.807, 2.05) is 31.2 Å². The van der Waals surface area contributed by atoms with E-state index in [1.165, 1.54) is 0 Å². The molecule has 1 atom stereocenters. The number of nitrogens with zero attached hydrogens (tertiary/aromatic N) is 3. The molecule has 1 aromatic carbocycles. The zero-order chi connectivity index (χ0) is 15.8. The Bertz CT molecular complexity index is 853. The van der Waals surface area contributed by atoms with Gasteiger partial charge in [0, 0.05) is 12.0 Å². The number of hydrogen-bond donors (Lipinski definition) is 0. The Kier molecular flexibility index (Phi) is 3.46. The van der Waals surface area contributed by atoms with E-state index in [0.717, 1.165) is 41.5 Å². The van der Waals surface area contributed by atoms with Crippen molar-refractivity contribution in [2.75, 3.05) is 13.7 Å². The molecule has 6 heteroatoms. The van der Waals surface area contributed by atoms with E-state index < -0.39 is 0 Å². The topological polar surface area (TPSA) is 70.3 Å². The van der Waals surface area contributed by atoms with Crippen molar-refractivity contribution in [3.8, 4) is 17.3 Å². The Morgan fingerprint density at radius 1 is 1.22 bits per heavy atom. The fourth-order valence-electron chi connectivity index (χ4n) is 2.82. The molecule has 0 radical (unpaired) electrons. The van der Waals surface area contributed by atoms with Crippen molar-refractivity contribution >= 4 is 10.9 Å². The molecule has 1 fully saturated rings. The monoisotopic (exact) mass is 311 g/mol. The number of methoxy groups -OCH3 is 1. The predicted molar refractivity (Wildman–Crippen MR) is 84.3 cm³/mol. The average molecular weight is 311 g/mol. The van der Waals surface area contributed by atoms with E-state index in [-0.39, 0.29) is 6.10 Å². The van der Waals surface area contributed by atoms with Crippen LogP contribution in [-0.2, 0) is 4.74 Å². The van der Waals surface area contributed by atoms with Gasteiger partial charge in [0.2, 0.25) is 11.7 Å². The van der Waals surface area contributed by atoms with E-state index in [9.17, 15) is 0 Å². The van der Waals surface area contributed by atoms with Gasteiger partial charge in [0.25, 0.3) is 5.89 Å². The van der Waals surface area contributed by atoms with Crippen LogP contribution in [0.5, 0.6) is 5.88 Å². The Hall–Kier alpha value is -2.47. The van der Waals surface area contributed by atoms with Crippen molar-refractivity contribution in [2.24, 2.45) is 0 Å². The van der Waals surface area contributed by atoms with E-state index in [2.05, 4.69) is 15.1 Å². The minimum Gasteiger partial charge on any atom is -0.480 e. The Morgan fingerprint density at radius 2 is 2.13 bits per heavy atom. The minimum atomic E-state index is -0.0988. The highest BCUT2D eigenvalue weighted by atomic mass is 16.5. The van der Waals surface area contributed by atoms with Crippen molar-refractivity contribution in [3.05, 3.63) is 35.7 Å². The molecule has 3 heterocycles. The van der Waals surface area contributed by atoms with Gasteiger partial charge in [-0.25, -0.2) is 4.98 Å². The van der Waals surface area contributed by atoms with Crippen molar-refractivity contribution in [3.63, 3.8) is 0 Å². The molecule has 0 bridgehead atoms. The normalized spacial score (nSPS) is 17.7. The van der Waals surface area contributed by atoms with Crippen LogP contribution in [0.25, 0.3) is 22.3 Å². The van der Waals surface area contributed by atoms with Gasteiger partial charge in [-0.15, -0.1) is 0 Å². The fraction of sp³-hybridized carbons (Fsp3) is 0.353. The lowest BCUT2D eigenvalue weighted by Gasteiger charge is -2.07. The van der Waals surface area contributed by atoms with Crippen LogP contribution in [0.3, 0.4) is 0 Å². The van der Waals surface area contributed by atoms with Gasteiger partial charge in [-0.2, -0.15) is 4.98 Å². The van der Waals surface area contributed by atoms with Gasteiger partial charge in [-0.1, -0.05) is 17.3 Å². The SMILES string of the molecule is COc1nc2cc(C)ccc2cc1-c1noc([C@H]2CCCO2)n1. The number of fused-ring (bicyclic) bond motifs is 1. The highest BCUT2D eigenvalue weighted by molar-refractivity contribution is 5.85. The number of rotatable bonds is 3. The number of benzene rings is 1. The van der Waals surface area contributed by atoms with E-state index in [1.54, 1.807) is 7.11 Å². The van der Waals surface area contributed by atoms with Gasteiger partial charge in [-0.3, -0.25) is 0 Å². The van der Waals surface area contributed by atoms with Crippen LogP contribution < -0.4 is 4.74 Å². The second-order valence-corrected chi connectivity index (χ2v) is 5.70. The second-order valence-electron chi connectivity index (χ2n) is 5.70. The maximum Gasteiger partial charge on any atom is 0.256 e. The van der Waals surface area contributed by atoms with Crippen LogP contribution in [-0.4, -0.2) is 28.8 Å². The first-order chi connectivity index (χ1) is 11.2. The zero-order valence-corrected chi connectivity index (χ0v) is 13.1. The summed E-state index contributed by atoms with van der Waals surface area (Å²) in [5, 5.41) is 5.09. The van der Waals surface area contributed by atoms with Gasteiger partial charge >= 0.3 is 0 Å². The summed E-state index contributed by atoms with van der Waals surface area (Å²) in [5.74, 6) is 1.48. The molecule has 0 amide bonds. The third kappa shape index (κ3) is 2.55. The average Bonchev–Trinajstić information content (AvgIpc) is 3.24. The zero-order valence-electron chi connectivity index (χ0n) is 13.1. The lowest BCUT2D eigenvalue weighted by molar-refractivity contribution is 0.0835. The largest absolute Gasteiger partial charge is 0.480 e. The van der Waals surface area contributed by atoms with Crippen LogP contribution in [0.15, 0.2) is 28.8 Å². The summed E-state index contributed by atoms with van der Waals surface area (Å²) in [6, 6.07) is 8.08. The summed E-state index contributed by atoms with van der Waals surface area (Å²) in [6.45, 7) is 2.77. The second kappa shape index (κ2) is 5.62. The Labute approximate surface area is 133 Å². The summed E-state index contributed by atoms with van der Waals surface area (Å²) in [5.41, 5.74) is 2.75. The molecule has 2 aromatic heterocycles. The van der Waals surface area contributed by atoms with E-state index >= 15 is 0 Å². The molecule has 3 aromatic rings. The van der Waals surface area contributed by atoms with E-state index in [4.69, 9.17) is 14.0 Å². The van der Waals surface area contributed by atoms with Crippen molar-refractivity contribution < 1.29 is 14.0 Å². The first-order valence-corrected chi connectivity index (χ1v) is 7.65. The molecule has 0 spiro atoms. The van der Waals surface area contributed by atoms with Crippen molar-refractivity contribution in [1.29, 1.82) is 0 Å². The first-order valence-electron chi connectivity index (χ1n) is 7.65. The molecule has 0 saturated carbocycles. The first kappa shape index (κ1) is 14.1. The number of aromatic nitrogens is 3. The quantitative estimate of drug-likeness (QED) is 0.738. The Balaban J connectivity index is 1.79. The maximum atomic E-state index is 5.59. The molecular formula is C17H17N3O3. The molecule has 1 saturated heterocycles.